The first kappa shape index (κ1) is 18.7. The summed E-state index contributed by atoms with van der Waals surface area (Å²) in [6, 6.07) is 9.28. The molecule has 7 nitrogen and oxygen atoms in total. The van der Waals surface area contributed by atoms with E-state index in [4.69, 9.17) is 4.74 Å². The van der Waals surface area contributed by atoms with E-state index < -0.39 is 0 Å². The Labute approximate surface area is 164 Å². The van der Waals surface area contributed by atoms with Crippen molar-refractivity contribution in [1.82, 2.24) is 19.6 Å². The number of pyridine rings is 1. The van der Waals surface area contributed by atoms with E-state index in [1.807, 2.05) is 35.1 Å². The van der Waals surface area contributed by atoms with E-state index in [9.17, 15) is 4.79 Å². The minimum absolute atomic E-state index is 0.0871. The molecule has 1 aliphatic rings. The topological polar surface area (TPSA) is 61.9 Å². The van der Waals surface area contributed by atoms with E-state index in [-0.39, 0.29) is 5.56 Å². The summed E-state index contributed by atoms with van der Waals surface area (Å²) >= 11 is 0. The summed E-state index contributed by atoms with van der Waals surface area (Å²) in [5.41, 5.74) is 1.54. The van der Waals surface area contributed by atoms with Crippen LogP contribution in [-0.4, -0.2) is 50.7 Å². The zero-order valence-corrected chi connectivity index (χ0v) is 16.7. The lowest BCUT2D eigenvalue weighted by molar-refractivity contribution is -0.897. The molecule has 0 spiro atoms. The molecule has 0 N–H and O–H groups in total. The molecule has 0 radical (unpaired) electrons. The van der Waals surface area contributed by atoms with Crippen LogP contribution in [0.15, 0.2) is 41.3 Å². The molecule has 1 aromatic carbocycles. The number of hydrogen-bond acceptors (Lipinski definition) is 4. The van der Waals surface area contributed by atoms with Crippen molar-refractivity contribution in [2.75, 3.05) is 26.7 Å². The van der Waals surface area contributed by atoms with Gasteiger partial charge in [0, 0.05) is 44.3 Å². The number of likely N-dealkylation sites (tertiary alicyclic amines) is 1. The third-order valence-corrected chi connectivity index (χ3v) is 5.81. The molecule has 1 aliphatic heterocycles. The van der Waals surface area contributed by atoms with Crippen molar-refractivity contribution in [2.45, 2.75) is 32.4 Å². The second kappa shape index (κ2) is 7.75. The molecule has 3 aromatic rings. The Kier molecular flexibility index (Phi) is 5.17. The number of ether oxygens (including phenoxy) is 1. The molecule has 3 heterocycles. The van der Waals surface area contributed by atoms with Crippen LogP contribution in [0.5, 0.6) is 5.75 Å². The summed E-state index contributed by atoms with van der Waals surface area (Å²) in [6.07, 6.45) is 5.73. The lowest BCUT2D eigenvalue weighted by Crippen LogP contribution is -2.41. The van der Waals surface area contributed by atoms with Crippen molar-refractivity contribution in [3.8, 4) is 5.75 Å². The molecule has 148 valence electrons. The zero-order valence-electron chi connectivity index (χ0n) is 16.7. The highest BCUT2D eigenvalue weighted by molar-refractivity contribution is 5.85. The smallest absolute Gasteiger partial charge is 0.254 e. The summed E-state index contributed by atoms with van der Waals surface area (Å²) in [4.78, 5) is 12.2. The van der Waals surface area contributed by atoms with Crippen molar-refractivity contribution in [3.63, 3.8) is 0 Å². The van der Waals surface area contributed by atoms with Crippen molar-refractivity contribution >= 4 is 10.9 Å². The summed E-state index contributed by atoms with van der Waals surface area (Å²) in [6.45, 7) is 4.94. The van der Waals surface area contributed by atoms with E-state index in [1.165, 1.54) is 43.0 Å². The molecule has 28 heavy (non-hydrogen) atoms. The van der Waals surface area contributed by atoms with Gasteiger partial charge in [-0.2, -0.15) is 0 Å². The van der Waals surface area contributed by atoms with Gasteiger partial charge in [0.15, 0.2) is 0 Å². The van der Waals surface area contributed by atoms with Crippen molar-refractivity contribution in [1.29, 1.82) is 0 Å². The van der Waals surface area contributed by atoms with E-state index >= 15 is 0 Å². The first-order valence-corrected chi connectivity index (χ1v) is 9.98. The maximum absolute atomic E-state index is 12.2. The molecule has 1 fully saturated rings. The quantitative estimate of drug-likeness (QED) is 0.589. The fraction of sp³-hybridized carbons (Fsp3) is 0.476. The van der Waals surface area contributed by atoms with Crippen LogP contribution in [0.3, 0.4) is 0 Å². The maximum Gasteiger partial charge on any atom is 0.254 e. The van der Waals surface area contributed by atoms with E-state index in [0.29, 0.717) is 12.4 Å². The molecule has 0 amide bonds. The van der Waals surface area contributed by atoms with Crippen LogP contribution in [0.2, 0.25) is 0 Å². The second-order valence-corrected chi connectivity index (χ2v) is 8.04. The van der Waals surface area contributed by atoms with Gasteiger partial charge in [0.25, 0.3) is 5.56 Å². The van der Waals surface area contributed by atoms with Gasteiger partial charge < -0.3 is 13.8 Å². The highest BCUT2D eigenvalue weighted by Crippen LogP contribution is 2.23. The van der Waals surface area contributed by atoms with E-state index in [0.717, 1.165) is 29.6 Å². The molecule has 0 saturated carbocycles. The number of quaternary nitrogens is 1. The third-order valence-electron chi connectivity index (χ3n) is 5.81. The van der Waals surface area contributed by atoms with Crippen LogP contribution in [0, 0.1) is 0 Å². The number of hydrogen-bond donors (Lipinski definition) is 0. The van der Waals surface area contributed by atoms with Crippen LogP contribution < -0.4 is 10.3 Å². The Balaban J connectivity index is 1.38. The predicted molar refractivity (Wildman–Crippen MR) is 108 cm³/mol. The molecule has 2 aromatic heterocycles. The van der Waals surface area contributed by atoms with Gasteiger partial charge in [0.2, 0.25) is 0 Å². The molecule has 0 atom stereocenters. The Morgan fingerprint density at radius 3 is 2.82 bits per heavy atom. The highest BCUT2D eigenvalue weighted by atomic mass is 16.5. The average Bonchev–Trinajstić information content (AvgIpc) is 3.33. The number of aryl methyl sites for hydroxylation is 2. The largest absolute Gasteiger partial charge is 0.486 e. The third kappa shape index (κ3) is 3.94. The van der Waals surface area contributed by atoms with Crippen LogP contribution in [-0.2, 0) is 20.2 Å². The van der Waals surface area contributed by atoms with Crippen molar-refractivity contribution in [3.05, 3.63) is 52.6 Å². The fourth-order valence-electron chi connectivity index (χ4n) is 4.10. The number of fused-ring (bicyclic) bond motifs is 1. The summed E-state index contributed by atoms with van der Waals surface area (Å²) in [5.74, 6) is 0.583. The molecule has 0 aliphatic carbocycles. The van der Waals surface area contributed by atoms with Crippen LogP contribution in [0.4, 0.5) is 0 Å². The first-order valence-electron chi connectivity index (χ1n) is 9.98. The van der Waals surface area contributed by atoms with Gasteiger partial charge in [0.05, 0.1) is 38.4 Å². The van der Waals surface area contributed by atoms with Crippen molar-refractivity contribution < 1.29 is 9.22 Å². The van der Waals surface area contributed by atoms with Crippen LogP contribution in [0.25, 0.3) is 10.9 Å². The Morgan fingerprint density at radius 2 is 2.00 bits per heavy atom. The van der Waals surface area contributed by atoms with Crippen molar-refractivity contribution in [2.24, 2.45) is 7.05 Å². The fourth-order valence-corrected chi connectivity index (χ4v) is 4.10. The minimum Gasteiger partial charge on any atom is -0.486 e. The van der Waals surface area contributed by atoms with Gasteiger partial charge >= 0.3 is 0 Å². The Hall–Kier alpha value is -2.67. The van der Waals surface area contributed by atoms with Crippen LogP contribution >= 0.6 is 0 Å². The number of benzene rings is 1. The standard InChI is InChI=1S/C21H28N5O2/c1-24-19-9-4-3-8-18(19)20(14-21(24)27)28-16-17-15-25(23-22-17)10-7-13-26(2)11-5-6-12-26/h3-4,8-9,14-15H,5-7,10-13,16H2,1-2H3/q+1. The Morgan fingerprint density at radius 1 is 1.21 bits per heavy atom. The normalized spacial score (nSPS) is 15.9. The van der Waals surface area contributed by atoms with Gasteiger partial charge in [-0.05, 0) is 12.1 Å². The van der Waals surface area contributed by atoms with Gasteiger partial charge in [-0.1, -0.05) is 17.3 Å². The minimum atomic E-state index is -0.0871. The summed E-state index contributed by atoms with van der Waals surface area (Å²) in [5, 5.41) is 9.36. The van der Waals surface area contributed by atoms with Crippen LogP contribution in [0.1, 0.15) is 25.0 Å². The number of nitrogens with zero attached hydrogens (tertiary/aromatic N) is 5. The van der Waals surface area contributed by atoms with E-state index in [2.05, 4.69) is 17.4 Å². The number of aromatic nitrogens is 4. The maximum atomic E-state index is 12.2. The molecular formula is C21H28N5O2+. The molecule has 0 bridgehead atoms. The molecule has 7 heteroatoms. The molecular weight excluding hydrogens is 354 g/mol. The first-order chi connectivity index (χ1) is 13.5. The average molecular weight is 382 g/mol. The molecule has 0 unspecified atom stereocenters. The molecule has 4 rings (SSSR count). The van der Waals surface area contributed by atoms with Gasteiger partial charge in [0.1, 0.15) is 18.1 Å². The monoisotopic (exact) mass is 382 g/mol. The van der Waals surface area contributed by atoms with Gasteiger partial charge in [-0.3, -0.25) is 9.48 Å². The number of rotatable bonds is 7. The SMILES string of the molecule is Cn1c(=O)cc(OCc2cn(CCC[N+]3(C)CCCC3)nn2)c2ccccc21. The second-order valence-electron chi connectivity index (χ2n) is 8.04. The van der Waals surface area contributed by atoms with Gasteiger partial charge in [-0.25, -0.2) is 0 Å². The van der Waals surface area contributed by atoms with Gasteiger partial charge in [-0.15, -0.1) is 5.10 Å². The highest BCUT2D eigenvalue weighted by Gasteiger charge is 2.25. The zero-order chi connectivity index (χ0) is 19.6. The lowest BCUT2D eigenvalue weighted by atomic mass is 10.2. The predicted octanol–water partition coefficient (Wildman–Crippen LogP) is 2.34. The molecule has 1 saturated heterocycles. The number of para-hydroxylation sites is 1. The summed E-state index contributed by atoms with van der Waals surface area (Å²) in [7, 11) is 4.12. The van der Waals surface area contributed by atoms with E-state index in [1.54, 1.807) is 11.6 Å². The lowest BCUT2D eigenvalue weighted by Gasteiger charge is -2.28. The summed E-state index contributed by atoms with van der Waals surface area (Å²) < 4.78 is 10.6. The Bertz CT molecular complexity index is 1020.